The van der Waals surface area contributed by atoms with Gasteiger partial charge in [-0.2, -0.15) is 0 Å². The number of ether oxygens (including phenoxy) is 1. The van der Waals surface area contributed by atoms with Crippen LogP contribution in [0.25, 0.3) is 0 Å². The Kier molecular flexibility index (Phi) is 7.43. The van der Waals surface area contributed by atoms with E-state index >= 15 is 0 Å². The van der Waals surface area contributed by atoms with Crippen molar-refractivity contribution < 1.29 is 23.2 Å². The van der Waals surface area contributed by atoms with Gasteiger partial charge in [-0.25, -0.2) is 4.39 Å². The summed E-state index contributed by atoms with van der Waals surface area (Å²) in [7, 11) is 3.29. The monoisotopic (exact) mass is 431 g/mol. The summed E-state index contributed by atoms with van der Waals surface area (Å²) in [6.45, 7) is 4.72. The molecule has 1 fully saturated rings. The van der Waals surface area contributed by atoms with E-state index in [1.165, 1.54) is 19.2 Å². The lowest BCUT2D eigenvalue weighted by Crippen LogP contribution is -2.49. The number of amides is 2. The lowest BCUT2D eigenvalue weighted by atomic mass is 9.84. The zero-order valence-corrected chi connectivity index (χ0v) is 18.6. The fraction of sp³-hybridized carbons (Fsp3) is 0.522. The molecule has 8 heteroatoms. The van der Waals surface area contributed by atoms with Crippen LogP contribution in [-0.2, 0) is 16.0 Å². The number of hydrogen-bond acceptors (Lipinski definition) is 5. The second kappa shape index (κ2) is 10.0. The molecule has 0 spiro atoms. The van der Waals surface area contributed by atoms with Gasteiger partial charge >= 0.3 is 0 Å². The molecule has 0 radical (unpaired) electrons. The van der Waals surface area contributed by atoms with E-state index in [-0.39, 0.29) is 36.2 Å². The zero-order valence-electron chi connectivity index (χ0n) is 18.6. The zero-order chi connectivity index (χ0) is 22.5. The predicted octanol–water partition coefficient (Wildman–Crippen LogP) is 3.00. The highest BCUT2D eigenvalue weighted by atomic mass is 19.1. The van der Waals surface area contributed by atoms with E-state index < -0.39 is 0 Å². The van der Waals surface area contributed by atoms with Crippen molar-refractivity contribution in [2.24, 2.45) is 5.92 Å². The minimum Gasteiger partial charge on any atom is -0.375 e. The van der Waals surface area contributed by atoms with Gasteiger partial charge in [0, 0.05) is 33.3 Å². The molecule has 31 heavy (non-hydrogen) atoms. The lowest BCUT2D eigenvalue weighted by Gasteiger charge is -2.40. The van der Waals surface area contributed by atoms with Gasteiger partial charge in [-0.15, -0.1) is 0 Å². The molecule has 1 aromatic carbocycles. The Balaban J connectivity index is 1.72. The molecule has 1 aliphatic heterocycles. The normalized spacial score (nSPS) is 15.7. The van der Waals surface area contributed by atoms with Gasteiger partial charge < -0.3 is 19.1 Å². The first-order valence-corrected chi connectivity index (χ1v) is 10.5. The number of benzene rings is 1. The predicted molar refractivity (Wildman–Crippen MR) is 113 cm³/mol. The molecular weight excluding hydrogens is 401 g/mol. The van der Waals surface area contributed by atoms with Crippen molar-refractivity contribution in [2.75, 3.05) is 33.9 Å². The second-order valence-electron chi connectivity index (χ2n) is 8.16. The Labute approximate surface area is 182 Å². The largest absolute Gasteiger partial charge is 0.375 e. The average molecular weight is 432 g/mol. The summed E-state index contributed by atoms with van der Waals surface area (Å²) in [4.78, 5) is 29.0. The number of likely N-dealkylation sites (N-methyl/N-ethyl adjacent to an activating group) is 1. The van der Waals surface area contributed by atoms with E-state index in [1.807, 2.05) is 4.90 Å². The fourth-order valence-corrected chi connectivity index (χ4v) is 4.33. The number of likely N-dealkylation sites (tertiary alicyclic amines) is 1. The molecule has 1 atom stereocenters. The molecule has 0 bridgehead atoms. The molecule has 7 nitrogen and oxygen atoms in total. The van der Waals surface area contributed by atoms with E-state index in [0.29, 0.717) is 36.5 Å². The van der Waals surface area contributed by atoms with Gasteiger partial charge in [-0.3, -0.25) is 9.59 Å². The van der Waals surface area contributed by atoms with Gasteiger partial charge in [0.05, 0.1) is 5.69 Å². The minimum absolute atomic E-state index is 0.0137. The van der Waals surface area contributed by atoms with E-state index in [1.54, 1.807) is 37.9 Å². The molecule has 0 saturated carbocycles. The first kappa shape index (κ1) is 22.9. The number of carbonyl (C=O) groups is 2. The summed E-state index contributed by atoms with van der Waals surface area (Å²) in [5, 5.41) is 3.88. The topological polar surface area (TPSA) is 75.9 Å². The Morgan fingerprint density at radius 2 is 1.90 bits per heavy atom. The van der Waals surface area contributed by atoms with Crippen LogP contribution in [-0.4, -0.2) is 66.7 Å². The van der Waals surface area contributed by atoms with Crippen molar-refractivity contribution in [3.63, 3.8) is 0 Å². The maximum Gasteiger partial charge on any atom is 0.259 e. The molecule has 2 aromatic rings. The number of carbonyl (C=O) groups excluding carboxylic acids is 2. The second-order valence-corrected chi connectivity index (χ2v) is 8.16. The summed E-state index contributed by atoms with van der Waals surface area (Å²) in [5.74, 6) is 0.306. The van der Waals surface area contributed by atoms with Crippen LogP contribution >= 0.6 is 0 Å². The molecule has 0 aliphatic carbocycles. The molecule has 168 valence electrons. The van der Waals surface area contributed by atoms with Crippen LogP contribution in [0.2, 0.25) is 0 Å². The van der Waals surface area contributed by atoms with Crippen LogP contribution in [0.1, 0.15) is 40.2 Å². The van der Waals surface area contributed by atoms with Gasteiger partial charge in [0.25, 0.3) is 5.91 Å². The summed E-state index contributed by atoms with van der Waals surface area (Å²) in [5.41, 5.74) is 2.11. The molecular formula is C23H30FN3O4. The van der Waals surface area contributed by atoms with Crippen molar-refractivity contribution >= 4 is 11.8 Å². The van der Waals surface area contributed by atoms with Gasteiger partial charge in [0.2, 0.25) is 5.91 Å². The van der Waals surface area contributed by atoms with Gasteiger partial charge in [0.15, 0.2) is 0 Å². The Morgan fingerprint density at radius 3 is 2.45 bits per heavy atom. The Hall–Kier alpha value is -2.74. The number of aryl methyl sites for hydroxylation is 2. The van der Waals surface area contributed by atoms with Crippen LogP contribution < -0.4 is 0 Å². The molecule has 0 N–H and O–H groups in total. The summed E-state index contributed by atoms with van der Waals surface area (Å²) in [6, 6.07) is 6.33. The van der Waals surface area contributed by atoms with Crippen molar-refractivity contribution in [3.05, 3.63) is 52.7 Å². The highest BCUT2D eigenvalue weighted by Gasteiger charge is 2.34. The number of piperidine rings is 1. The standard InChI is InChI=1S/C23H30FN3O4/c1-15-22(16(2)31-25-15)23(29)27-11-9-18(10-12-27)20(26(3)21(28)14-30-4)13-17-5-7-19(24)8-6-17/h5-8,18,20H,9-14H2,1-4H3. The Morgan fingerprint density at radius 1 is 1.26 bits per heavy atom. The number of methoxy groups -OCH3 is 1. The number of hydrogen-bond donors (Lipinski definition) is 0. The number of aromatic nitrogens is 1. The fourth-order valence-electron chi connectivity index (χ4n) is 4.33. The van der Waals surface area contributed by atoms with E-state index in [9.17, 15) is 14.0 Å². The third-order valence-electron chi connectivity index (χ3n) is 6.13. The highest BCUT2D eigenvalue weighted by Crippen LogP contribution is 2.28. The van der Waals surface area contributed by atoms with Crippen molar-refractivity contribution in [1.29, 1.82) is 0 Å². The van der Waals surface area contributed by atoms with Crippen LogP contribution in [0.5, 0.6) is 0 Å². The third-order valence-corrected chi connectivity index (χ3v) is 6.13. The van der Waals surface area contributed by atoms with Crippen molar-refractivity contribution in [3.8, 4) is 0 Å². The molecule has 1 unspecified atom stereocenters. The molecule has 1 aromatic heterocycles. The van der Waals surface area contributed by atoms with Gasteiger partial charge in [-0.1, -0.05) is 17.3 Å². The maximum atomic E-state index is 13.3. The highest BCUT2D eigenvalue weighted by molar-refractivity contribution is 5.96. The number of rotatable bonds is 7. The van der Waals surface area contributed by atoms with Crippen molar-refractivity contribution in [1.82, 2.24) is 15.0 Å². The molecule has 2 amide bonds. The maximum absolute atomic E-state index is 13.3. The van der Waals surface area contributed by atoms with Gasteiger partial charge in [-0.05, 0) is 56.7 Å². The lowest BCUT2D eigenvalue weighted by molar-refractivity contribution is -0.137. The van der Waals surface area contributed by atoms with Crippen LogP contribution in [0, 0.1) is 25.6 Å². The molecule has 3 rings (SSSR count). The number of halogens is 1. The summed E-state index contributed by atoms with van der Waals surface area (Å²) >= 11 is 0. The van der Waals surface area contributed by atoms with Crippen LogP contribution in [0.15, 0.2) is 28.8 Å². The first-order chi connectivity index (χ1) is 14.8. The van der Waals surface area contributed by atoms with Crippen LogP contribution in [0.3, 0.4) is 0 Å². The third kappa shape index (κ3) is 5.31. The van der Waals surface area contributed by atoms with E-state index in [2.05, 4.69) is 5.16 Å². The van der Waals surface area contributed by atoms with Crippen LogP contribution in [0.4, 0.5) is 4.39 Å². The van der Waals surface area contributed by atoms with E-state index in [0.717, 1.165) is 18.4 Å². The summed E-state index contributed by atoms with van der Waals surface area (Å²) in [6.07, 6.45) is 2.16. The molecule has 1 saturated heterocycles. The molecule has 1 aliphatic rings. The van der Waals surface area contributed by atoms with Gasteiger partial charge in [0.1, 0.15) is 23.7 Å². The molecule has 2 heterocycles. The SMILES string of the molecule is COCC(=O)N(C)C(Cc1ccc(F)cc1)C1CCN(C(=O)c2c(C)noc2C)CC1. The average Bonchev–Trinajstić information content (AvgIpc) is 3.10. The smallest absolute Gasteiger partial charge is 0.259 e. The van der Waals surface area contributed by atoms with E-state index in [4.69, 9.17) is 9.26 Å². The minimum atomic E-state index is -0.282. The number of nitrogens with zero attached hydrogens (tertiary/aromatic N) is 3. The quantitative estimate of drug-likeness (QED) is 0.674. The first-order valence-electron chi connectivity index (χ1n) is 10.5. The van der Waals surface area contributed by atoms with Crippen molar-refractivity contribution in [2.45, 2.75) is 39.2 Å². The summed E-state index contributed by atoms with van der Waals surface area (Å²) < 4.78 is 23.5. The Bertz CT molecular complexity index is 885.